The Morgan fingerprint density at radius 2 is 2.25 bits per heavy atom. The number of nitrogens with zero attached hydrogens (tertiary/aromatic N) is 2. The Morgan fingerprint density at radius 1 is 1.44 bits per heavy atom. The van der Waals surface area contributed by atoms with Gasteiger partial charge < -0.3 is 10.5 Å². The number of nitrogens with two attached hydrogens (primary N) is 1. The lowest BCUT2D eigenvalue weighted by molar-refractivity contribution is 0.408. The van der Waals surface area contributed by atoms with Crippen molar-refractivity contribution in [3.05, 3.63) is 40.9 Å². The van der Waals surface area contributed by atoms with Gasteiger partial charge >= 0.3 is 0 Å². The Labute approximate surface area is 98.2 Å². The van der Waals surface area contributed by atoms with Crippen molar-refractivity contribution < 1.29 is 4.74 Å². The third kappa shape index (κ3) is 2.37. The molecule has 2 rings (SSSR count). The van der Waals surface area contributed by atoms with Crippen LogP contribution in [0.15, 0.2) is 29.6 Å². The smallest absolute Gasteiger partial charge is 0.122 e. The van der Waals surface area contributed by atoms with Crippen LogP contribution >= 0.6 is 11.5 Å². The molecule has 5 heteroatoms. The van der Waals surface area contributed by atoms with Gasteiger partial charge in [0.25, 0.3) is 0 Å². The number of benzene rings is 1. The molecule has 0 aliphatic rings. The van der Waals surface area contributed by atoms with Crippen molar-refractivity contribution in [3.8, 4) is 5.75 Å². The van der Waals surface area contributed by atoms with Crippen LogP contribution in [0.4, 0.5) is 0 Å². The summed E-state index contributed by atoms with van der Waals surface area (Å²) in [4.78, 5) is 0. The highest BCUT2D eigenvalue weighted by atomic mass is 32.1. The number of ether oxygens (including phenoxy) is 1. The first kappa shape index (κ1) is 11.0. The first-order valence-electron chi connectivity index (χ1n) is 4.95. The van der Waals surface area contributed by atoms with Crippen LogP contribution in [0.1, 0.15) is 17.3 Å². The van der Waals surface area contributed by atoms with Gasteiger partial charge in [-0.2, -0.15) is 0 Å². The minimum atomic E-state index is -0.130. The van der Waals surface area contributed by atoms with Gasteiger partial charge in [0, 0.05) is 5.38 Å². The summed E-state index contributed by atoms with van der Waals surface area (Å²) in [5.74, 6) is 0.862. The zero-order chi connectivity index (χ0) is 11.4. The van der Waals surface area contributed by atoms with E-state index in [1.807, 2.05) is 29.6 Å². The zero-order valence-corrected chi connectivity index (χ0v) is 9.78. The maximum atomic E-state index is 6.04. The molecule has 1 atom stereocenters. The van der Waals surface area contributed by atoms with Crippen LogP contribution in [0.2, 0.25) is 0 Å². The largest absolute Gasteiger partial charge is 0.496 e. The van der Waals surface area contributed by atoms with Crippen molar-refractivity contribution in [1.82, 2.24) is 9.59 Å². The van der Waals surface area contributed by atoms with Crippen LogP contribution in [0.3, 0.4) is 0 Å². The highest BCUT2D eigenvalue weighted by molar-refractivity contribution is 7.03. The van der Waals surface area contributed by atoms with E-state index in [9.17, 15) is 0 Å². The van der Waals surface area contributed by atoms with E-state index < -0.39 is 0 Å². The van der Waals surface area contributed by atoms with E-state index in [4.69, 9.17) is 10.5 Å². The van der Waals surface area contributed by atoms with Crippen molar-refractivity contribution >= 4 is 11.5 Å². The summed E-state index contributed by atoms with van der Waals surface area (Å²) in [6, 6.07) is 7.73. The Hall–Kier alpha value is -1.46. The Bertz CT molecular complexity index is 444. The van der Waals surface area contributed by atoms with Gasteiger partial charge in [-0.15, -0.1) is 5.10 Å². The molecule has 0 bridgehead atoms. The van der Waals surface area contributed by atoms with Crippen LogP contribution in [0.5, 0.6) is 5.75 Å². The SMILES string of the molecule is COc1ccccc1CC(N)c1csnn1. The number of aromatic nitrogens is 2. The summed E-state index contributed by atoms with van der Waals surface area (Å²) in [5, 5.41) is 5.85. The molecular formula is C11H13N3OS. The fourth-order valence-corrected chi connectivity index (χ4v) is 2.06. The zero-order valence-electron chi connectivity index (χ0n) is 8.96. The minimum absolute atomic E-state index is 0.130. The molecule has 0 fully saturated rings. The number of rotatable bonds is 4. The molecule has 0 amide bonds. The first-order chi connectivity index (χ1) is 7.81. The Balaban J connectivity index is 2.14. The van der Waals surface area contributed by atoms with Crippen LogP contribution in [0.25, 0.3) is 0 Å². The van der Waals surface area contributed by atoms with Gasteiger partial charge in [0.2, 0.25) is 0 Å². The van der Waals surface area contributed by atoms with Crippen molar-refractivity contribution in [3.63, 3.8) is 0 Å². The minimum Gasteiger partial charge on any atom is -0.496 e. The number of methoxy groups -OCH3 is 1. The predicted octanol–water partition coefficient (Wildman–Crippen LogP) is 1.79. The Kier molecular flexibility index (Phi) is 3.48. The normalized spacial score (nSPS) is 12.4. The fourth-order valence-electron chi connectivity index (χ4n) is 1.55. The Morgan fingerprint density at radius 3 is 2.94 bits per heavy atom. The third-order valence-corrected chi connectivity index (χ3v) is 2.91. The summed E-state index contributed by atoms with van der Waals surface area (Å²) in [6.45, 7) is 0. The standard InChI is InChI=1S/C11H13N3OS/c1-15-11-5-3-2-4-8(11)6-9(12)10-7-16-14-13-10/h2-5,7,9H,6,12H2,1H3. The van der Waals surface area contributed by atoms with E-state index in [0.29, 0.717) is 6.42 Å². The van der Waals surface area contributed by atoms with E-state index in [1.54, 1.807) is 7.11 Å². The molecule has 2 aromatic rings. The van der Waals surface area contributed by atoms with Gasteiger partial charge in [-0.3, -0.25) is 0 Å². The van der Waals surface area contributed by atoms with Crippen LogP contribution < -0.4 is 10.5 Å². The van der Waals surface area contributed by atoms with E-state index in [2.05, 4.69) is 9.59 Å². The van der Waals surface area contributed by atoms with Crippen molar-refractivity contribution in [2.24, 2.45) is 5.73 Å². The molecule has 1 aromatic carbocycles. The molecule has 1 aromatic heterocycles. The number of hydrogen-bond donors (Lipinski definition) is 1. The average molecular weight is 235 g/mol. The van der Waals surface area contributed by atoms with Crippen LogP contribution in [-0.4, -0.2) is 16.7 Å². The molecule has 4 nitrogen and oxygen atoms in total. The lowest BCUT2D eigenvalue weighted by atomic mass is 10.0. The topological polar surface area (TPSA) is 61.0 Å². The van der Waals surface area contributed by atoms with Gasteiger partial charge in [0.1, 0.15) is 5.75 Å². The lowest BCUT2D eigenvalue weighted by Crippen LogP contribution is -2.14. The average Bonchev–Trinajstić information content (AvgIpc) is 2.83. The van der Waals surface area contributed by atoms with Crippen molar-refractivity contribution in [2.45, 2.75) is 12.5 Å². The second-order valence-electron chi connectivity index (χ2n) is 3.45. The summed E-state index contributed by atoms with van der Waals surface area (Å²) in [7, 11) is 1.66. The van der Waals surface area contributed by atoms with Gasteiger partial charge in [-0.1, -0.05) is 22.7 Å². The predicted molar refractivity (Wildman–Crippen MR) is 63.5 cm³/mol. The highest BCUT2D eigenvalue weighted by Gasteiger charge is 2.12. The summed E-state index contributed by atoms with van der Waals surface area (Å²) >= 11 is 1.32. The summed E-state index contributed by atoms with van der Waals surface area (Å²) < 4.78 is 9.08. The van der Waals surface area contributed by atoms with Gasteiger partial charge in [-0.25, -0.2) is 0 Å². The molecule has 0 radical (unpaired) electrons. The van der Waals surface area contributed by atoms with E-state index in [-0.39, 0.29) is 6.04 Å². The maximum absolute atomic E-state index is 6.04. The molecule has 0 aliphatic heterocycles. The summed E-state index contributed by atoms with van der Waals surface area (Å²) in [5.41, 5.74) is 7.96. The van der Waals surface area contributed by atoms with Crippen LogP contribution in [0, 0.1) is 0 Å². The molecule has 0 aliphatic carbocycles. The second-order valence-corrected chi connectivity index (χ2v) is 4.06. The highest BCUT2D eigenvalue weighted by Crippen LogP contribution is 2.22. The summed E-state index contributed by atoms with van der Waals surface area (Å²) in [6.07, 6.45) is 0.704. The van der Waals surface area contributed by atoms with Crippen molar-refractivity contribution in [2.75, 3.05) is 7.11 Å². The van der Waals surface area contributed by atoms with Gasteiger partial charge in [0.05, 0.1) is 18.8 Å². The van der Waals surface area contributed by atoms with E-state index in [1.165, 1.54) is 11.5 Å². The molecular weight excluding hydrogens is 222 g/mol. The molecule has 0 saturated heterocycles. The molecule has 84 valence electrons. The number of hydrogen-bond acceptors (Lipinski definition) is 5. The molecule has 16 heavy (non-hydrogen) atoms. The monoisotopic (exact) mass is 235 g/mol. The number of para-hydroxylation sites is 1. The molecule has 0 saturated carbocycles. The quantitative estimate of drug-likeness (QED) is 0.877. The second kappa shape index (κ2) is 5.05. The molecule has 1 unspecified atom stereocenters. The van der Waals surface area contributed by atoms with Crippen LogP contribution in [-0.2, 0) is 6.42 Å². The van der Waals surface area contributed by atoms with E-state index in [0.717, 1.165) is 17.0 Å². The molecule has 2 N–H and O–H groups in total. The molecule has 1 heterocycles. The van der Waals surface area contributed by atoms with Gasteiger partial charge in [-0.05, 0) is 29.6 Å². The fraction of sp³-hybridized carbons (Fsp3) is 0.273. The van der Waals surface area contributed by atoms with Crippen molar-refractivity contribution in [1.29, 1.82) is 0 Å². The molecule has 0 spiro atoms. The van der Waals surface area contributed by atoms with Gasteiger partial charge in [0.15, 0.2) is 0 Å². The first-order valence-corrected chi connectivity index (χ1v) is 5.79. The maximum Gasteiger partial charge on any atom is 0.122 e. The lowest BCUT2D eigenvalue weighted by Gasteiger charge is -2.11. The third-order valence-electron chi connectivity index (χ3n) is 2.39. The van der Waals surface area contributed by atoms with E-state index >= 15 is 0 Å².